The second-order valence-corrected chi connectivity index (χ2v) is 5.09. The van der Waals surface area contributed by atoms with E-state index in [-0.39, 0.29) is 17.8 Å². The van der Waals surface area contributed by atoms with Gasteiger partial charge in [0.25, 0.3) is 5.91 Å². The highest BCUT2D eigenvalue weighted by atomic mass is 19.1. The average Bonchev–Trinajstić information content (AvgIpc) is 3.06. The number of hydrogen-bond donors (Lipinski definition) is 0. The van der Waals surface area contributed by atoms with Crippen LogP contribution in [0, 0.1) is 5.82 Å². The number of halogens is 1. The number of benzene rings is 1. The summed E-state index contributed by atoms with van der Waals surface area (Å²) in [4.78, 5) is 14.3. The van der Waals surface area contributed by atoms with Gasteiger partial charge in [0.2, 0.25) is 0 Å². The maximum absolute atomic E-state index is 13.4. The Morgan fingerprint density at radius 3 is 2.95 bits per heavy atom. The molecule has 1 amide bonds. The van der Waals surface area contributed by atoms with Gasteiger partial charge in [-0.2, -0.15) is 5.10 Å². The van der Waals surface area contributed by atoms with Gasteiger partial charge >= 0.3 is 0 Å². The molecule has 1 atom stereocenters. The Hall–Kier alpha value is -2.17. The molecule has 0 spiro atoms. The van der Waals surface area contributed by atoms with Crippen molar-refractivity contribution in [3.05, 3.63) is 53.6 Å². The first-order valence-electron chi connectivity index (χ1n) is 6.71. The number of carbonyl (C=O) groups excluding carboxylic acids is 1. The van der Waals surface area contributed by atoms with Crippen molar-refractivity contribution >= 4 is 5.91 Å². The number of aryl methyl sites for hydroxylation is 1. The first kappa shape index (κ1) is 12.8. The molecule has 0 unspecified atom stereocenters. The molecule has 1 aromatic carbocycles. The summed E-state index contributed by atoms with van der Waals surface area (Å²) in [6, 6.07) is 8.14. The Balaban J connectivity index is 1.87. The maximum Gasteiger partial charge on any atom is 0.274 e. The number of amides is 1. The molecule has 1 fully saturated rings. The van der Waals surface area contributed by atoms with Gasteiger partial charge in [0.15, 0.2) is 0 Å². The molecule has 1 aromatic heterocycles. The fraction of sp³-hybridized carbons (Fsp3) is 0.333. The third-order valence-electron chi connectivity index (χ3n) is 3.68. The van der Waals surface area contributed by atoms with Crippen molar-refractivity contribution in [3.8, 4) is 0 Å². The highest BCUT2D eigenvalue weighted by Crippen LogP contribution is 2.33. The molecular formula is C15H16FN3O. The first-order chi connectivity index (χ1) is 9.65. The Bertz CT molecular complexity index is 638. The topological polar surface area (TPSA) is 38.1 Å². The summed E-state index contributed by atoms with van der Waals surface area (Å²) in [5, 5.41) is 4.15. The molecular weight excluding hydrogens is 257 g/mol. The monoisotopic (exact) mass is 273 g/mol. The lowest BCUT2D eigenvalue weighted by Gasteiger charge is -2.24. The smallest absolute Gasteiger partial charge is 0.274 e. The van der Waals surface area contributed by atoms with Gasteiger partial charge < -0.3 is 4.90 Å². The lowest BCUT2D eigenvalue weighted by atomic mass is 10.0. The summed E-state index contributed by atoms with van der Waals surface area (Å²) in [5.41, 5.74) is 1.29. The zero-order valence-electron chi connectivity index (χ0n) is 11.3. The lowest BCUT2D eigenvalue weighted by Crippen LogP contribution is -2.31. The van der Waals surface area contributed by atoms with E-state index >= 15 is 0 Å². The molecule has 0 radical (unpaired) electrons. The Kier molecular flexibility index (Phi) is 3.26. The van der Waals surface area contributed by atoms with Gasteiger partial charge in [-0.15, -0.1) is 0 Å². The largest absolute Gasteiger partial charge is 0.330 e. The number of aromatic nitrogens is 2. The first-order valence-corrected chi connectivity index (χ1v) is 6.71. The summed E-state index contributed by atoms with van der Waals surface area (Å²) in [5.74, 6) is -0.350. The Morgan fingerprint density at radius 1 is 1.40 bits per heavy atom. The van der Waals surface area contributed by atoms with Crippen LogP contribution in [0.4, 0.5) is 4.39 Å². The van der Waals surface area contributed by atoms with Gasteiger partial charge in [0, 0.05) is 19.8 Å². The summed E-state index contributed by atoms with van der Waals surface area (Å²) >= 11 is 0. The number of likely N-dealkylation sites (tertiary alicyclic amines) is 1. The third-order valence-corrected chi connectivity index (χ3v) is 3.68. The van der Waals surface area contributed by atoms with Gasteiger partial charge in [-0.1, -0.05) is 12.1 Å². The highest BCUT2D eigenvalue weighted by molar-refractivity contribution is 5.92. The molecule has 20 heavy (non-hydrogen) atoms. The van der Waals surface area contributed by atoms with Crippen LogP contribution in [0.1, 0.15) is 34.9 Å². The minimum atomic E-state index is -0.264. The van der Waals surface area contributed by atoms with Gasteiger partial charge in [-0.05, 0) is 36.6 Å². The molecule has 0 saturated carbocycles. The van der Waals surface area contributed by atoms with E-state index in [1.165, 1.54) is 12.1 Å². The van der Waals surface area contributed by atoms with E-state index in [9.17, 15) is 9.18 Å². The number of rotatable bonds is 2. The average molecular weight is 273 g/mol. The molecule has 3 rings (SSSR count). The van der Waals surface area contributed by atoms with Crippen LogP contribution >= 0.6 is 0 Å². The molecule has 2 heterocycles. The van der Waals surface area contributed by atoms with E-state index in [4.69, 9.17) is 0 Å². The van der Waals surface area contributed by atoms with Crippen LogP contribution in [0.2, 0.25) is 0 Å². The van der Waals surface area contributed by atoms with Gasteiger partial charge in [-0.3, -0.25) is 9.48 Å². The molecule has 104 valence electrons. The number of hydrogen-bond acceptors (Lipinski definition) is 2. The van der Waals surface area contributed by atoms with Crippen molar-refractivity contribution in [2.24, 2.45) is 7.05 Å². The van der Waals surface area contributed by atoms with Crippen LogP contribution in [0.25, 0.3) is 0 Å². The number of carbonyl (C=O) groups is 1. The van der Waals surface area contributed by atoms with Crippen molar-refractivity contribution in [2.45, 2.75) is 18.9 Å². The van der Waals surface area contributed by atoms with Crippen molar-refractivity contribution in [2.75, 3.05) is 6.54 Å². The summed E-state index contributed by atoms with van der Waals surface area (Å²) in [6.07, 6.45) is 3.54. The molecule has 0 aliphatic carbocycles. The predicted molar refractivity (Wildman–Crippen MR) is 72.6 cm³/mol. The van der Waals surface area contributed by atoms with Crippen LogP contribution < -0.4 is 0 Å². The molecule has 0 bridgehead atoms. The summed E-state index contributed by atoms with van der Waals surface area (Å²) in [6.45, 7) is 0.691. The quantitative estimate of drug-likeness (QED) is 0.843. The molecule has 1 aliphatic heterocycles. The van der Waals surface area contributed by atoms with Crippen molar-refractivity contribution < 1.29 is 9.18 Å². The van der Waals surface area contributed by atoms with E-state index < -0.39 is 0 Å². The van der Waals surface area contributed by atoms with E-state index in [2.05, 4.69) is 5.10 Å². The predicted octanol–water partition coefficient (Wildman–Crippen LogP) is 2.54. The third kappa shape index (κ3) is 2.31. The molecule has 2 aromatic rings. The Morgan fingerprint density at radius 2 is 2.25 bits per heavy atom. The fourth-order valence-electron chi connectivity index (χ4n) is 2.75. The summed E-state index contributed by atoms with van der Waals surface area (Å²) < 4.78 is 15.0. The minimum absolute atomic E-state index is 0.0554. The van der Waals surface area contributed by atoms with E-state index in [0.29, 0.717) is 12.2 Å². The van der Waals surface area contributed by atoms with Crippen LogP contribution in [0.3, 0.4) is 0 Å². The lowest BCUT2D eigenvalue weighted by molar-refractivity contribution is 0.0728. The second-order valence-electron chi connectivity index (χ2n) is 5.09. The standard InChI is InChI=1S/C15H16FN3O/c1-18-9-7-13(17-18)15(20)19-8-3-6-14(19)11-4-2-5-12(16)10-11/h2,4-5,7,9-10,14H,3,6,8H2,1H3/t14-/m1/s1. The van der Waals surface area contributed by atoms with Gasteiger partial charge in [-0.25, -0.2) is 4.39 Å². The molecule has 1 aliphatic rings. The van der Waals surface area contributed by atoms with Crippen molar-refractivity contribution in [3.63, 3.8) is 0 Å². The molecule has 0 N–H and O–H groups in total. The zero-order valence-corrected chi connectivity index (χ0v) is 11.3. The van der Waals surface area contributed by atoms with Crippen LogP contribution in [0.5, 0.6) is 0 Å². The molecule has 5 heteroatoms. The normalized spacial score (nSPS) is 18.5. The zero-order chi connectivity index (χ0) is 14.1. The number of nitrogens with zero attached hydrogens (tertiary/aromatic N) is 3. The molecule has 1 saturated heterocycles. The van der Waals surface area contributed by atoms with Crippen molar-refractivity contribution in [1.82, 2.24) is 14.7 Å². The van der Waals surface area contributed by atoms with Gasteiger partial charge in [0.05, 0.1) is 6.04 Å². The summed E-state index contributed by atoms with van der Waals surface area (Å²) in [7, 11) is 1.78. The van der Waals surface area contributed by atoms with Crippen LogP contribution in [0.15, 0.2) is 36.5 Å². The van der Waals surface area contributed by atoms with Crippen molar-refractivity contribution in [1.29, 1.82) is 0 Å². The highest BCUT2D eigenvalue weighted by Gasteiger charge is 2.31. The maximum atomic E-state index is 13.4. The van der Waals surface area contributed by atoms with Crippen LogP contribution in [-0.2, 0) is 7.05 Å². The SMILES string of the molecule is Cn1ccc(C(=O)N2CCC[C@@H]2c2cccc(F)c2)n1. The van der Waals surface area contributed by atoms with E-state index in [1.54, 1.807) is 35.0 Å². The van der Waals surface area contributed by atoms with Crippen LogP contribution in [-0.4, -0.2) is 27.1 Å². The van der Waals surface area contributed by atoms with E-state index in [1.807, 2.05) is 6.07 Å². The van der Waals surface area contributed by atoms with Gasteiger partial charge in [0.1, 0.15) is 11.5 Å². The minimum Gasteiger partial charge on any atom is -0.330 e. The Labute approximate surface area is 116 Å². The second kappa shape index (κ2) is 5.07. The molecule has 4 nitrogen and oxygen atoms in total. The fourth-order valence-corrected chi connectivity index (χ4v) is 2.75. The van der Waals surface area contributed by atoms with E-state index in [0.717, 1.165) is 18.4 Å².